The van der Waals surface area contributed by atoms with E-state index in [0.717, 1.165) is 24.9 Å². The van der Waals surface area contributed by atoms with Crippen molar-refractivity contribution in [1.29, 1.82) is 0 Å². The molecule has 1 heterocycles. The zero-order valence-electron chi connectivity index (χ0n) is 15.6. The summed E-state index contributed by atoms with van der Waals surface area (Å²) < 4.78 is 7.47. The van der Waals surface area contributed by atoms with Crippen LogP contribution in [0, 0.1) is 0 Å². The first kappa shape index (κ1) is 20.3. The number of hydroxylamine groups is 1. The normalized spacial score (nSPS) is 11.3. The highest BCUT2D eigenvalue weighted by Crippen LogP contribution is 2.14. The number of rotatable bonds is 8. The second-order valence-corrected chi connectivity index (χ2v) is 5.64. The molecule has 2 aromatic rings. The molecule has 0 fully saturated rings. The van der Waals surface area contributed by atoms with Crippen molar-refractivity contribution in [3.05, 3.63) is 48.0 Å². The molecule has 0 atom stereocenters. The summed E-state index contributed by atoms with van der Waals surface area (Å²) >= 11 is 0. The number of amides is 2. The Kier molecular flexibility index (Phi) is 8.18. The lowest BCUT2D eigenvalue weighted by Crippen LogP contribution is -2.31. The van der Waals surface area contributed by atoms with Crippen molar-refractivity contribution in [3.63, 3.8) is 0 Å². The van der Waals surface area contributed by atoms with Crippen molar-refractivity contribution in [2.24, 2.45) is 4.99 Å². The maximum absolute atomic E-state index is 11.8. The predicted octanol–water partition coefficient (Wildman–Crippen LogP) is 1.94. The Hall–Kier alpha value is -3.00. The first-order valence-electron chi connectivity index (χ1n) is 8.94. The van der Waals surface area contributed by atoms with Gasteiger partial charge in [-0.1, -0.05) is 38.0 Å². The average Bonchev–Trinajstić information content (AvgIpc) is 2.70. The van der Waals surface area contributed by atoms with Gasteiger partial charge in [0.25, 0.3) is 0 Å². The van der Waals surface area contributed by atoms with Crippen LogP contribution in [-0.4, -0.2) is 34.8 Å². The van der Waals surface area contributed by atoms with Crippen LogP contribution in [0.5, 0.6) is 5.88 Å². The minimum atomic E-state index is -0.973. The second kappa shape index (κ2) is 10.9. The Labute approximate surface area is 157 Å². The Morgan fingerprint density at radius 3 is 2.67 bits per heavy atom. The first-order chi connectivity index (χ1) is 13.2. The van der Waals surface area contributed by atoms with E-state index in [4.69, 9.17) is 9.57 Å². The number of hydrogen-bond donors (Lipinski definition) is 1. The molecule has 0 aliphatic rings. The molecule has 0 spiro atoms. The Bertz CT molecular complexity index is 818. The van der Waals surface area contributed by atoms with Crippen LogP contribution in [0.2, 0.25) is 0 Å². The molecule has 1 aromatic heterocycles. The summed E-state index contributed by atoms with van der Waals surface area (Å²) in [5.74, 6) is -1.47. The zero-order valence-corrected chi connectivity index (χ0v) is 15.6. The molecule has 0 aliphatic heterocycles. The number of nitrogens with zero attached hydrogens (tertiary/aromatic N) is 3. The molecule has 0 saturated carbocycles. The SMILES string of the molecule is CCCCCOc1c/c(=N\C(=O)C(=O)NOCC)cnn1-c1ccccc1. The number of ether oxygens (including phenoxy) is 1. The lowest BCUT2D eigenvalue weighted by molar-refractivity contribution is -0.145. The fourth-order valence-corrected chi connectivity index (χ4v) is 2.20. The molecule has 8 nitrogen and oxygen atoms in total. The summed E-state index contributed by atoms with van der Waals surface area (Å²) in [4.78, 5) is 31.9. The summed E-state index contributed by atoms with van der Waals surface area (Å²) in [6.07, 6.45) is 4.44. The van der Waals surface area contributed by atoms with E-state index in [-0.39, 0.29) is 12.0 Å². The zero-order chi connectivity index (χ0) is 19.5. The number of carbonyl (C=O) groups is 2. The molecule has 1 aromatic carbocycles. The van der Waals surface area contributed by atoms with E-state index in [0.29, 0.717) is 12.5 Å². The third-order valence-corrected chi connectivity index (χ3v) is 3.52. The van der Waals surface area contributed by atoms with Crippen LogP contribution < -0.4 is 15.6 Å². The third kappa shape index (κ3) is 6.34. The van der Waals surface area contributed by atoms with Gasteiger partial charge in [-0.2, -0.15) is 5.10 Å². The molecular weight excluding hydrogens is 348 g/mol. The standard InChI is InChI=1S/C19H24N4O4/c1-3-5-9-12-26-17-13-15(21-18(24)19(25)22-27-4-2)14-20-23(17)16-10-7-6-8-11-16/h6-8,10-11,13-14H,3-5,9,12H2,1-2H3,(H,22,25)/b21-15+. The van der Waals surface area contributed by atoms with Crippen LogP contribution in [0.3, 0.4) is 0 Å². The molecule has 0 saturated heterocycles. The summed E-state index contributed by atoms with van der Waals surface area (Å²) in [6.45, 7) is 4.57. The van der Waals surface area contributed by atoms with E-state index in [9.17, 15) is 9.59 Å². The minimum Gasteiger partial charge on any atom is -0.478 e. The van der Waals surface area contributed by atoms with Crippen molar-refractivity contribution >= 4 is 11.8 Å². The van der Waals surface area contributed by atoms with Gasteiger partial charge in [-0.05, 0) is 25.5 Å². The predicted molar refractivity (Wildman–Crippen MR) is 98.9 cm³/mol. The van der Waals surface area contributed by atoms with Crippen molar-refractivity contribution in [3.8, 4) is 11.6 Å². The Balaban J connectivity index is 2.28. The fourth-order valence-electron chi connectivity index (χ4n) is 2.20. The number of benzene rings is 1. The Morgan fingerprint density at radius 2 is 1.96 bits per heavy atom. The van der Waals surface area contributed by atoms with Gasteiger partial charge in [0.15, 0.2) is 0 Å². The van der Waals surface area contributed by atoms with E-state index >= 15 is 0 Å². The lowest BCUT2D eigenvalue weighted by Gasteiger charge is -2.13. The van der Waals surface area contributed by atoms with Gasteiger partial charge in [0.1, 0.15) is 0 Å². The molecule has 2 amide bonds. The number of carbonyl (C=O) groups excluding carboxylic acids is 2. The van der Waals surface area contributed by atoms with Gasteiger partial charge in [-0.25, -0.2) is 15.2 Å². The molecule has 2 rings (SSSR count). The van der Waals surface area contributed by atoms with Crippen LogP contribution in [0.1, 0.15) is 33.1 Å². The van der Waals surface area contributed by atoms with E-state index in [1.165, 1.54) is 6.20 Å². The van der Waals surface area contributed by atoms with E-state index in [1.807, 2.05) is 35.8 Å². The fraction of sp³-hybridized carbons (Fsp3) is 0.368. The average molecular weight is 372 g/mol. The number of unbranched alkanes of at least 4 members (excludes halogenated alkanes) is 2. The van der Waals surface area contributed by atoms with Gasteiger partial charge >= 0.3 is 11.8 Å². The molecule has 8 heteroatoms. The number of aromatic nitrogens is 2. The molecular formula is C19H24N4O4. The minimum absolute atomic E-state index is 0.226. The molecule has 144 valence electrons. The number of hydrogen-bond acceptors (Lipinski definition) is 5. The monoisotopic (exact) mass is 372 g/mol. The van der Waals surface area contributed by atoms with Crippen LogP contribution in [0.4, 0.5) is 0 Å². The smallest absolute Gasteiger partial charge is 0.337 e. The van der Waals surface area contributed by atoms with Crippen molar-refractivity contribution in [1.82, 2.24) is 15.3 Å². The van der Waals surface area contributed by atoms with Crippen molar-refractivity contribution in [2.75, 3.05) is 13.2 Å². The largest absolute Gasteiger partial charge is 0.478 e. The summed E-state index contributed by atoms with van der Waals surface area (Å²) in [5.41, 5.74) is 2.83. The van der Waals surface area contributed by atoms with Gasteiger partial charge in [0.05, 0.1) is 30.5 Å². The van der Waals surface area contributed by atoms with Crippen LogP contribution in [0.25, 0.3) is 5.69 Å². The molecule has 0 bridgehead atoms. The maximum Gasteiger partial charge on any atom is 0.337 e. The summed E-state index contributed by atoms with van der Waals surface area (Å²) in [7, 11) is 0. The Morgan fingerprint density at radius 1 is 1.19 bits per heavy atom. The highest BCUT2D eigenvalue weighted by molar-refractivity contribution is 6.35. The molecule has 1 N–H and O–H groups in total. The topological polar surface area (TPSA) is 94.8 Å². The highest BCUT2D eigenvalue weighted by atomic mass is 16.6. The van der Waals surface area contributed by atoms with Crippen LogP contribution >= 0.6 is 0 Å². The molecule has 0 unspecified atom stereocenters. The van der Waals surface area contributed by atoms with Gasteiger partial charge < -0.3 is 4.74 Å². The van der Waals surface area contributed by atoms with E-state index in [2.05, 4.69) is 17.0 Å². The number of nitrogens with one attached hydrogen (secondary N) is 1. The van der Waals surface area contributed by atoms with Gasteiger partial charge in [-0.3, -0.25) is 14.4 Å². The third-order valence-electron chi connectivity index (χ3n) is 3.52. The summed E-state index contributed by atoms with van der Waals surface area (Å²) in [5, 5.41) is 4.53. The number of para-hydroxylation sites is 1. The first-order valence-corrected chi connectivity index (χ1v) is 8.94. The molecule has 0 radical (unpaired) electrons. The quantitative estimate of drug-likeness (QED) is 0.434. The van der Waals surface area contributed by atoms with Gasteiger partial charge in [-0.15, -0.1) is 0 Å². The van der Waals surface area contributed by atoms with Gasteiger partial charge in [0, 0.05) is 6.07 Å². The molecule has 27 heavy (non-hydrogen) atoms. The van der Waals surface area contributed by atoms with Crippen molar-refractivity contribution in [2.45, 2.75) is 33.1 Å². The van der Waals surface area contributed by atoms with Crippen molar-refractivity contribution < 1.29 is 19.2 Å². The second-order valence-electron chi connectivity index (χ2n) is 5.64. The van der Waals surface area contributed by atoms with E-state index in [1.54, 1.807) is 17.7 Å². The van der Waals surface area contributed by atoms with Gasteiger partial charge in [0.2, 0.25) is 5.88 Å². The van der Waals surface area contributed by atoms with Crippen LogP contribution in [0.15, 0.2) is 47.6 Å². The summed E-state index contributed by atoms with van der Waals surface area (Å²) in [6, 6.07) is 11.1. The lowest BCUT2D eigenvalue weighted by atomic mass is 10.3. The molecule has 0 aliphatic carbocycles. The highest BCUT2D eigenvalue weighted by Gasteiger charge is 2.12. The maximum atomic E-state index is 11.8. The van der Waals surface area contributed by atoms with Crippen LogP contribution in [-0.2, 0) is 14.4 Å². The van der Waals surface area contributed by atoms with E-state index < -0.39 is 11.8 Å².